The van der Waals surface area contributed by atoms with Crippen LogP contribution in [0.25, 0.3) is 0 Å². The van der Waals surface area contributed by atoms with E-state index in [9.17, 15) is 0 Å². The van der Waals surface area contributed by atoms with Crippen molar-refractivity contribution in [2.24, 2.45) is 5.73 Å². The molecule has 1 rings (SSSR count). The van der Waals surface area contributed by atoms with Crippen LogP contribution >= 0.6 is 15.9 Å². The van der Waals surface area contributed by atoms with E-state index in [0.29, 0.717) is 0 Å². The number of unbranched alkanes of at least 4 members (excludes halogenated alkanes) is 2. The lowest BCUT2D eigenvalue weighted by molar-refractivity contribution is 0.578. The van der Waals surface area contributed by atoms with Gasteiger partial charge in [-0.3, -0.25) is 0 Å². The highest BCUT2D eigenvalue weighted by atomic mass is 79.9. The molecule has 1 nitrogen and oxygen atoms in total. The van der Waals surface area contributed by atoms with Gasteiger partial charge in [0.05, 0.1) is 0 Å². The summed E-state index contributed by atoms with van der Waals surface area (Å²) in [7, 11) is 0. The van der Waals surface area contributed by atoms with Crippen molar-refractivity contribution in [2.45, 2.75) is 52.0 Å². The molecule has 2 heteroatoms. The molecule has 0 aliphatic heterocycles. The van der Waals surface area contributed by atoms with Crippen LogP contribution in [0.15, 0.2) is 22.7 Å². The van der Waals surface area contributed by atoms with Crippen molar-refractivity contribution in [3.05, 3.63) is 33.8 Å². The number of aryl methyl sites for hydroxylation is 1. The van der Waals surface area contributed by atoms with Crippen LogP contribution in [-0.4, -0.2) is 0 Å². The van der Waals surface area contributed by atoms with Crippen LogP contribution in [0, 0.1) is 0 Å². The van der Waals surface area contributed by atoms with Crippen molar-refractivity contribution >= 4 is 15.9 Å². The summed E-state index contributed by atoms with van der Waals surface area (Å²) < 4.78 is 1.15. The average molecular weight is 284 g/mol. The molecule has 16 heavy (non-hydrogen) atoms. The third-order valence-corrected chi connectivity index (χ3v) is 3.50. The Morgan fingerprint density at radius 2 is 2.00 bits per heavy atom. The van der Waals surface area contributed by atoms with Crippen LogP contribution in [0.4, 0.5) is 0 Å². The van der Waals surface area contributed by atoms with E-state index in [-0.39, 0.29) is 6.04 Å². The van der Waals surface area contributed by atoms with Crippen LogP contribution < -0.4 is 5.73 Å². The third-order valence-electron chi connectivity index (χ3n) is 3.00. The Kier molecular flexibility index (Phi) is 6.07. The quantitative estimate of drug-likeness (QED) is 0.759. The average Bonchev–Trinajstić information content (AvgIpc) is 2.29. The summed E-state index contributed by atoms with van der Waals surface area (Å²) in [6.07, 6.45) is 5.93. The molecule has 0 saturated carbocycles. The smallest absolute Gasteiger partial charge is 0.0297 e. The first-order valence-electron chi connectivity index (χ1n) is 6.23. The van der Waals surface area contributed by atoms with E-state index in [1.807, 2.05) is 0 Å². The molecular weight excluding hydrogens is 262 g/mol. The molecule has 0 heterocycles. The lowest BCUT2D eigenvalue weighted by atomic mass is 9.95. The largest absolute Gasteiger partial charge is 0.324 e. The second-order valence-electron chi connectivity index (χ2n) is 4.30. The fourth-order valence-electron chi connectivity index (χ4n) is 2.01. The zero-order chi connectivity index (χ0) is 12.0. The fraction of sp³-hybridized carbons (Fsp3) is 0.571. The maximum absolute atomic E-state index is 6.25. The van der Waals surface area contributed by atoms with E-state index in [1.165, 1.54) is 30.4 Å². The Bertz CT molecular complexity index is 323. The molecule has 0 aromatic heterocycles. The summed E-state index contributed by atoms with van der Waals surface area (Å²) in [5.74, 6) is 0. The van der Waals surface area contributed by atoms with Crippen molar-refractivity contribution < 1.29 is 0 Å². The topological polar surface area (TPSA) is 26.0 Å². The Morgan fingerprint density at radius 1 is 1.25 bits per heavy atom. The normalized spacial score (nSPS) is 12.8. The van der Waals surface area contributed by atoms with Crippen LogP contribution in [-0.2, 0) is 6.42 Å². The highest BCUT2D eigenvalue weighted by molar-refractivity contribution is 9.10. The van der Waals surface area contributed by atoms with Gasteiger partial charge in [0, 0.05) is 10.5 Å². The first-order valence-corrected chi connectivity index (χ1v) is 7.02. The van der Waals surface area contributed by atoms with Crippen LogP contribution in [0.1, 0.15) is 56.7 Å². The second-order valence-corrected chi connectivity index (χ2v) is 5.21. The van der Waals surface area contributed by atoms with Gasteiger partial charge in [-0.25, -0.2) is 0 Å². The summed E-state index contributed by atoms with van der Waals surface area (Å²) >= 11 is 3.51. The minimum absolute atomic E-state index is 0.203. The maximum atomic E-state index is 6.25. The molecule has 0 spiro atoms. The zero-order valence-electron chi connectivity index (χ0n) is 10.3. The number of halogens is 1. The molecular formula is C14H22BrN. The molecule has 2 N–H and O–H groups in total. The maximum Gasteiger partial charge on any atom is 0.0297 e. The molecule has 0 saturated heterocycles. The minimum Gasteiger partial charge on any atom is -0.324 e. The summed E-state index contributed by atoms with van der Waals surface area (Å²) in [5.41, 5.74) is 8.94. The lowest BCUT2D eigenvalue weighted by Gasteiger charge is -2.16. The first kappa shape index (κ1) is 13.7. The third kappa shape index (κ3) is 3.91. The van der Waals surface area contributed by atoms with Gasteiger partial charge in [-0.1, -0.05) is 55.1 Å². The lowest BCUT2D eigenvalue weighted by Crippen LogP contribution is -2.12. The van der Waals surface area contributed by atoms with Gasteiger partial charge >= 0.3 is 0 Å². The SMILES string of the molecule is CCCCCC(N)c1ccc(Br)cc1CC. The van der Waals surface area contributed by atoms with E-state index in [4.69, 9.17) is 5.73 Å². The Morgan fingerprint density at radius 3 is 2.62 bits per heavy atom. The molecule has 1 atom stereocenters. The van der Waals surface area contributed by atoms with Crippen molar-refractivity contribution in [2.75, 3.05) is 0 Å². The first-order chi connectivity index (χ1) is 7.69. The van der Waals surface area contributed by atoms with Gasteiger partial charge in [0.1, 0.15) is 0 Å². The molecule has 0 fully saturated rings. The van der Waals surface area contributed by atoms with Gasteiger partial charge in [-0.2, -0.15) is 0 Å². The highest BCUT2D eigenvalue weighted by Crippen LogP contribution is 2.24. The number of rotatable bonds is 6. The van der Waals surface area contributed by atoms with Gasteiger partial charge in [0.15, 0.2) is 0 Å². The number of benzene rings is 1. The Balaban J connectivity index is 2.70. The van der Waals surface area contributed by atoms with Crippen LogP contribution in [0.3, 0.4) is 0 Å². The molecule has 1 aromatic rings. The Hall–Kier alpha value is -0.340. The molecule has 0 amide bonds. The summed E-state index contributed by atoms with van der Waals surface area (Å²) in [5, 5.41) is 0. The monoisotopic (exact) mass is 283 g/mol. The molecule has 1 unspecified atom stereocenters. The summed E-state index contributed by atoms with van der Waals surface area (Å²) in [6, 6.07) is 6.65. The van der Waals surface area contributed by atoms with Crippen LogP contribution in [0.2, 0.25) is 0 Å². The molecule has 0 aliphatic rings. The number of nitrogens with two attached hydrogens (primary N) is 1. The van der Waals surface area contributed by atoms with E-state index in [0.717, 1.165) is 17.3 Å². The second kappa shape index (κ2) is 7.08. The van der Waals surface area contributed by atoms with Gasteiger partial charge in [0.2, 0.25) is 0 Å². The summed E-state index contributed by atoms with van der Waals surface area (Å²) in [4.78, 5) is 0. The predicted octanol–water partition coefficient (Wildman–Crippen LogP) is 4.59. The van der Waals surface area contributed by atoms with Gasteiger partial charge in [0.25, 0.3) is 0 Å². The van der Waals surface area contributed by atoms with E-state index in [1.54, 1.807) is 0 Å². The molecule has 90 valence electrons. The van der Waals surface area contributed by atoms with Crippen molar-refractivity contribution in [3.63, 3.8) is 0 Å². The molecule has 0 radical (unpaired) electrons. The van der Waals surface area contributed by atoms with Gasteiger partial charge in [-0.05, 0) is 36.1 Å². The predicted molar refractivity (Wildman–Crippen MR) is 74.6 cm³/mol. The van der Waals surface area contributed by atoms with Crippen molar-refractivity contribution in [1.29, 1.82) is 0 Å². The van der Waals surface area contributed by atoms with E-state index >= 15 is 0 Å². The van der Waals surface area contributed by atoms with Gasteiger partial charge in [-0.15, -0.1) is 0 Å². The Labute approximate surface area is 108 Å². The standard InChI is InChI=1S/C14H22BrN/c1-3-5-6-7-14(16)13-9-8-12(15)10-11(13)4-2/h8-10,14H,3-7,16H2,1-2H3. The van der Waals surface area contributed by atoms with Crippen molar-refractivity contribution in [1.82, 2.24) is 0 Å². The number of hydrogen-bond acceptors (Lipinski definition) is 1. The number of hydrogen-bond donors (Lipinski definition) is 1. The van der Waals surface area contributed by atoms with Crippen molar-refractivity contribution in [3.8, 4) is 0 Å². The highest BCUT2D eigenvalue weighted by Gasteiger charge is 2.09. The van der Waals surface area contributed by atoms with E-state index in [2.05, 4.69) is 48.0 Å². The fourth-order valence-corrected chi connectivity index (χ4v) is 2.42. The summed E-state index contributed by atoms with van der Waals surface area (Å²) in [6.45, 7) is 4.41. The van der Waals surface area contributed by atoms with Crippen LogP contribution in [0.5, 0.6) is 0 Å². The van der Waals surface area contributed by atoms with E-state index < -0.39 is 0 Å². The zero-order valence-corrected chi connectivity index (χ0v) is 11.9. The molecule has 0 bridgehead atoms. The minimum atomic E-state index is 0.203. The van der Waals surface area contributed by atoms with Gasteiger partial charge < -0.3 is 5.73 Å². The molecule has 0 aliphatic carbocycles. The molecule has 1 aromatic carbocycles.